The standard InChI is InChI=1S/C16H11Br.C10H7Br.C6H6BBrO2/c17-16-8-4-3-7-15(16)14-10-9-12-5-1-2-6-13(12)11-14;11-10-6-5-8-3-1-2-4-9(8)7-10;8-6-4-2-1-3-5(6)7(9)10/h1-11H;1-7H;1-4,9-10H. The van der Waals surface area contributed by atoms with E-state index in [0.717, 1.165) is 8.95 Å². The summed E-state index contributed by atoms with van der Waals surface area (Å²) in [5, 5.41) is 22.6. The third kappa shape index (κ3) is 7.65. The Morgan fingerprint density at radius 1 is 0.447 bits per heavy atom. The van der Waals surface area contributed by atoms with E-state index in [1.165, 1.54) is 32.7 Å². The monoisotopic (exact) mass is 688 g/mol. The molecule has 38 heavy (non-hydrogen) atoms. The van der Waals surface area contributed by atoms with Crippen LogP contribution >= 0.6 is 47.8 Å². The Hall–Kier alpha value is -2.74. The predicted octanol–water partition coefficient (Wildman–Crippen LogP) is 9.00. The Bertz CT molecular complexity index is 1650. The van der Waals surface area contributed by atoms with Gasteiger partial charge in [0.05, 0.1) is 0 Å². The fraction of sp³-hybridized carbons (Fsp3) is 0. The molecule has 0 fully saturated rings. The summed E-state index contributed by atoms with van der Waals surface area (Å²) in [6.45, 7) is 0. The minimum Gasteiger partial charge on any atom is -0.423 e. The second-order valence-corrected chi connectivity index (χ2v) is 11.1. The lowest BCUT2D eigenvalue weighted by Crippen LogP contribution is -2.30. The van der Waals surface area contributed by atoms with Crippen molar-refractivity contribution in [3.63, 3.8) is 0 Å². The minimum atomic E-state index is -1.39. The maximum atomic E-state index is 8.73. The summed E-state index contributed by atoms with van der Waals surface area (Å²) < 4.78 is 2.98. The molecule has 6 heteroatoms. The average Bonchev–Trinajstić information content (AvgIpc) is 2.94. The normalized spacial score (nSPS) is 10.2. The molecular formula is C32H24BBr3O2. The van der Waals surface area contributed by atoms with E-state index < -0.39 is 7.12 Å². The Morgan fingerprint density at radius 3 is 1.53 bits per heavy atom. The van der Waals surface area contributed by atoms with Crippen LogP contribution in [0.4, 0.5) is 0 Å². The van der Waals surface area contributed by atoms with Crippen LogP contribution in [0.5, 0.6) is 0 Å². The summed E-state index contributed by atoms with van der Waals surface area (Å²) in [6.07, 6.45) is 0. The van der Waals surface area contributed by atoms with Crippen molar-refractivity contribution < 1.29 is 10.0 Å². The topological polar surface area (TPSA) is 40.5 Å². The van der Waals surface area contributed by atoms with Crippen molar-refractivity contribution in [3.05, 3.63) is 147 Å². The van der Waals surface area contributed by atoms with Crippen molar-refractivity contribution >= 4 is 81.9 Å². The van der Waals surface area contributed by atoms with Crippen LogP contribution in [0.2, 0.25) is 0 Å². The quantitative estimate of drug-likeness (QED) is 0.178. The van der Waals surface area contributed by atoms with Gasteiger partial charge in [-0.25, -0.2) is 0 Å². The minimum absolute atomic E-state index is 0.488. The van der Waals surface area contributed by atoms with Crippen molar-refractivity contribution in [1.82, 2.24) is 0 Å². The van der Waals surface area contributed by atoms with E-state index in [4.69, 9.17) is 10.0 Å². The molecule has 188 valence electrons. The van der Waals surface area contributed by atoms with E-state index in [-0.39, 0.29) is 0 Å². The van der Waals surface area contributed by atoms with Crippen LogP contribution in [-0.2, 0) is 0 Å². The zero-order chi connectivity index (χ0) is 26.9. The van der Waals surface area contributed by atoms with Crippen molar-refractivity contribution in [2.75, 3.05) is 0 Å². The molecule has 0 heterocycles. The molecular weight excluding hydrogens is 667 g/mol. The van der Waals surface area contributed by atoms with E-state index in [9.17, 15) is 0 Å². The molecule has 6 rings (SSSR count). The largest absolute Gasteiger partial charge is 0.489 e. The lowest BCUT2D eigenvalue weighted by atomic mass is 9.80. The van der Waals surface area contributed by atoms with Gasteiger partial charge in [0, 0.05) is 13.4 Å². The predicted molar refractivity (Wildman–Crippen MR) is 173 cm³/mol. The summed E-state index contributed by atoms with van der Waals surface area (Å²) >= 11 is 10.2. The fourth-order valence-corrected chi connectivity index (χ4v) is 5.28. The average molecular weight is 691 g/mol. The molecule has 0 aliphatic rings. The molecule has 0 aliphatic heterocycles. The number of hydrogen-bond donors (Lipinski definition) is 2. The molecule has 0 bridgehead atoms. The van der Waals surface area contributed by atoms with Crippen LogP contribution < -0.4 is 5.46 Å². The molecule has 0 aromatic heterocycles. The van der Waals surface area contributed by atoms with Gasteiger partial charge in [0.15, 0.2) is 0 Å². The van der Waals surface area contributed by atoms with E-state index in [2.05, 4.69) is 151 Å². The van der Waals surface area contributed by atoms with Crippen LogP contribution in [0, 0.1) is 0 Å². The zero-order valence-electron chi connectivity index (χ0n) is 20.3. The van der Waals surface area contributed by atoms with Crippen LogP contribution in [-0.4, -0.2) is 17.2 Å². The first-order valence-electron chi connectivity index (χ1n) is 11.9. The summed E-state index contributed by atoms with van der Waals surface area (Å²) in [4.78, 5) is 0. The highest BCUT2D eigenvalue weighted by Gasteiger charge is 2.12. The smallest absolute Gasteiger partial charge is 0.423 e. The zero-order valence-corrected chi connectivity index (χ0v) is 25.1. The highest BCUT2D eigenvalue weighted by Crippen LogP contribution is 2.30. The van der Waals surface area contributed by atoms with Crippen molar-refractivity contribution in [1.29, 1.82) is 0 Å². The van der Waals surface area contributed by atoms with Gasteiger partial charge in [-0.05, 0) is 68.5 Å². The highest BCUT2D eigenvalue weighted by atomic mass is 79.9. The van der Waals surface area contributed by atoms with Gasteiger partial charge in [-0.2, -0.15) is 0 Å². The molecule has 0 aliphatic carbocycles. The maximum Gasteiger partial charge on any atom is 0.489 e. The molecule has 0 unspecified atom stereocenters. The van der Waals surface area contributed by atoms with Gasteiger partial charge < -0.3 is 10.0 Å². The molecule has 0 spiro atoms. The van der Waals surface area contributed by atoms with Gasteiger partial charge in [-0.3, -0.25) is 0 Å². The van der Waals surface area contributed by atoms with E-state index in [0.29, 0.717) is 9.94 Å². The molecule has 0 saturated carbocycles. The van der Waals surface area contributed by atoms with Gasteiger partial charge in [-0.1, -0.05) is 151 Å². The Morgan fingerprint density at radius 2 is 0.947 bits per heavy atom. The van der Waals surface area contributed by atoms with E-state index in [1.807, 2.05) is 12.1 Å². The molecule has 0 radical (unpaired) electrons. The van der Waals surface area contributed by atoms with Crippen molar-refractivity contribution in [3.8, 4) is 11.1 Å². The van der Waals surface area contributed by atoms with Crippen molar-refractivity contribution in [2.24, 2.45) is 0 Å². The van der Waals surface area contributed by atoms with Gasteiger partial charge in [0.1, 0.15) is 0 Å². The summed E-state index contributed by atoms with van der Waals surface area (Å²) in [5.41, 5.74) is 2.97. The number of halogens is 3. The number of benzene rings is 6. The SMILES string of the molecule is Brc1ccc2ccccc2c1.Brc1ccccc1-c1ccc2ccccc2c1.OB(O)c1ccccc1Br. The first-order chi connectivity index (χ1) is 18.4. The fourth-order valence-electron chi connectivity index (χ4n) is 3.90. The molecule has 0 atom stereocenters. The number of hydrogen-bond acceptors (Lipinski definition) is 2. The Balaban J connectivity index is 0.000000140. The van der Waals surface area contributed by atoms with Crippen molar-refractivity contribution in [2.45, 2.75) is 0 Å². The van der Waals surface area contributed by atoms with Gasteiger partial charge in [0.2, 0.25) is 0 Å². The molecule has 6 aromatic carbocycles. The lowest BCUT2D eigenvalue weighted by Gasteiger charge is -2.06. The Kier molecular flexibility index (Phi) is 10.3. The van der Waals surface area contributed by atoms with Gasteiger partial charge in [0.25, 0.3) is 0 Å². The molecule has 6 aromatic rings. The van der Waals surface area contributed by atoms with Crippen LogP contribution in [0.3, 0.4) is 0 Å². The highest BCUT2D eigenvalue weighted by molar-refractivity contribution is 9.11. The van der Waals surface area contributed by atoms with Gasteiger partial charge in [-0.15, -0.1) is 0 Å². The summed E-state index contributed by atoms with van der Waals surface area (Å²) in [6, 6.07) is 44.9. The molecule has 2 nitrogen and oxygen atoms in total. The van der Waals surface area contributed by atoms with Gasteiger partial charge >= 0.3 is 7.12 Å². The maximum absolute atomic E-state index is 8.73. The number of fused-ring (bicyclic) bond motifs is 2. The second-order valence-electron chi connectivity index (χ2n) is 8.43. The van der Waals surface area contributed by atoms with Crippen LogP contribution in [0.25, 0.3) is 32.7 Å². The molecule has 2 N–H and O–H groups in total. The first kappa shape index (κ1) is 28.3. The number of rotatable bonds is 2. The molecule has 0 saturated heterocycles. The Labute approximate surface area is 248 Å². The first-order valence-corrected chi connectivity index (χ1v) is 14.3. The summed E-state index contributed by atoms with van der Waals surface area (Å²) in [5.74, 6) is 0. The lowest BCUT2D eigenvalue weighted by molar-refractivity contribution is 0.425. The van der Waals surface area contributed by atoms with Crippen LogP contribution in [0.15, 0.2) is 147 Å². The molecule has 0 amide bonds. The summed E-state index contributed by atoms with van der Waals surface area (Å²) in [7, 11) is -1.39. The second kappa shape index (κ2) is 13.9. The van der Waals surface area contributed by atoms with E-state index >= 15 is 0 Å². The third-order valence-corrected chi connectivity index (χ3v) is 7.74. The van der Waals surface area contributed by atoms with Crippen LogP contribution in [0.1, 0.15) is 0 Å². The van der Waals surface area contributed by atoms with E-state index in [1.54, 1.807) is 18.2 Å². The third-order valence-electron chi connectivity index (χ3n) is 5.83.